The molecule has 0 aromatic rings. The van der Waals surface area contributed by atoms with Gasteiger partial charge in [0.05, 0.1) is 24.5 Å². The molecule has 2 atom stereocenters. The SMILES string of the molecule is O=C([O-])[C@H]1C=C[C@@H]2CC(=O)N21.[Na+]. The second-order valence-corrected chi connectivity index (χ2v) is 2.72. The normalized spacial score (nSPS) is 30.7. The van der Waals surface area contributed by atoms with Crippen molar-refractivity contribution in [3.05, 3.63) is 12.2 Å². The summed E-state index contributed by atoms with van der Waals surface area (Å²) in [5, 5.41) is 10.4. The Balaban J connectivity index is 0.000000720. The first-order chi connectivity index (χ1) is 5.20. The van der Waals surface area contributed by atoms with Crippen molar-refractivity contribution in [3.8, 4) is 0 Å². The molecular formula is C7H6NNaO3. The van der Waals surface area contributed by atoms with Gasteiger partial charge in [-0.1, -0.05) is 12.2 Å². The van der Waals surface area contributed by atoms with Gasteiger partial charge in [-0.15, -0.1) is 0 Å². The molecule has 2 rings (SSSR count). The molecule has 0 bridgehead atoms. The maximum Gasteiger partial charge on any atom is 1.00 e. The summed E-state index contributed by atoms with van der Waals surface area (Å²) in [6, 6.07) is -0.799. The number of aliphatic carboxylic acids is 1. The molecule has 1 saturated heterocycles. The van der Waals surface area contributed by atoms with Gasteiger partial charge in [0.2, 0.25) is 5.91 Å². The van der Waals surface area contributed by atoms with E-state index in [0.717, 1.165) is 0 Å². The van der Waals surface area contributed by atoms with E-state index < -0.39 is 12.0 Å². The number of carboxylic acids is 1. The van der Waals surface area contributed by atoms with Gasteiger partial charge in [-0.25, -0.2) is 0 Å². The Morgan fingerprint density at radius 2 is 2.25 bits per heavy atom. The second-order valence-electron chi connectivity index (χ2n) is 2.72. The summed E-state index contributed by atoms with van der Waals surface area (Å²) >= 11 is 0. The number of carbonyl (C=O) groups is 2. The summed E-state index contributed by atoms with van der Waals surface area (Å²) in [5.41, 5.74) is 0. The van der Waals surface area contributed by atoms with Crippen LogP contribution in [0.25, 0.3) is 0 Å². The molecule has 2 aliphatic heterocycles. The number of nitrogens with zero attached hydrogens (tertiary/aromatic N) is 1. The van der Waals surface area contributed by atoms with Crippen LogP contribution in [0.5, 0.6) is 0 Å². The Kier molecular flexibility index (Phi) is 2.61. The van der Waals surface area contributed by atoms with Crippen LogP contribution in [0.3, 0.4) is 0 Å². The van der Waals surface area contributed by atoms with Crippen LogP contribution < -0.4 is 34.7 Å². The summed E-state index contributed by atoms with van der Waals surface area (Å²) in [6.45, 7) is 0. The van der Waals surface area contributed by atoms with Crippen LogP contribution in [0.15, 0.2) is 12.2 Å². The van der Waals surface area contributed by atoms with Crippen molar-refractivity contribution in [2.45, 2.75) is 18.5 Å². The van der Waals surface area contributed by atoms with Crippen LogP contribution >= 0.6 is 0 Å². The first-order valence-corrected chi connectivity index (χ1v) is 3.40. The summed E-state index contributed by atoms with van der Waals surface area (Å²) in [5.74, 6) is -1.30. The molecule has 1 fully saturated rings. The van der Waals surface area contributed by atoms with Crippen molar-refractivity contribution in [2.24, 2.45) is 0 Å². The fraction of sp³-hybridized carbons (Fsp3) is 0.429. The van der Waals surface area contributed by atoms with Gasteiger partial charge in [-0.05, 0) is 0 Å². The number of hydrogen-bond acceptors (Lipinski definition) is 3. The van der Waals surface area contributed by atoms with Crippen molar-refractivity contribution in [3.63, 3.8) is 0 Å². The van der Waals surface area contributed by atoms with Crippen molar-refractivity contribution in [1.82, 2.24) is 4.90 Å². The third kappa shape index (κ3) is 1.20. The molecule has 2 heterocycles. The van der Waals surface area contributed by atoms with E-state index >= 15 is 0 Å². The molecule has 0 unspecified atom stereocenters. The van der Waals surface area contributed by atoms with Crippen LogP contribution in [-0.2, 0) is 9.59 Å². The zero-order valence-corrected chi connectivity index (χ0v) is 8.69. The fourth-order valence-corrected chi connectivity index (χ4v) is 1.50. The van der Waals surface area contributed by atoms with E-state index in [1.54, 1.807) is 6.08 Å². The van der Waals surface area contributed by atoms with Gasteiger partial charge in [0.1, 0.15) is 0 Å². The van der Waals surface area contributed by atoms with E-state index in [0.29, 0.717) is 6.42 Å². The van der Waals surface area contributed by atoms with E-state index in [9.17, 15) is 14.7 Å². The molecule has 0 saturated carbocycles. The molecule has 12 heavy (non-hydrogen) atoms. The number of carboxylic acid groups (broad SMARTS) is 1. The second kappa shape index (κ2) is 3.20. The maximum absolute atomic E-state index is 10.8. The monoisotopic (exact) mass is 175 g/mol. The van der Waals surface area contributed by atoms with E-state index in [-0.39, 0.29) is 41.5 Å². The molecule has 5 heteroatoms. The van der Waals surface area contributed by atoms with E-state index in [1.165, 1.54) is 11.0 Å². The molecule has 4 nitrogen and oxygen atoms in total. The number of β-lactam (4-membered cyclic amide) rings is 1. The van der Waals surface area contributed by atoms with Gasteiger partial charge in [0.15, 0.2) is 0 Å². The molecule has 0 radical (unpaired) electrons. The predicted octanol–water partition coefficient (Wildman–Crippen LogP) is -4.72. The van der Waals surface area contributed by atoms with Gasteiger partial charge in [-0.2, -0.15) is 0 Å². The summed E-state index contributed by atoms with van der Waals surface area (Å²) in [4.78, 5) is 22.5. The Bertz CT molecular complexity index is 263. The minimum atomic E-state index is -1.20. The van der Waals surface area contributed by atoms with Gasteiger partial charge >= 0.3 is 29.6 Å². The van der Waals surface area contributed by atoms with Gasteiger partial charge in [-0.3, -0.25) is 4.79 Å². The van der Waals surface area contributed by atoms with Gasteiger partial charge in [0.25, 0.3) is 0 Å². The van der Waals surface area contributed by atoms with E-state index in [2.05, 4.69) is 0 Å². The molecule has 0 spiro atoms. The van der Waals surface area contributed by atoms with E-state index in [4.69, 9.17) is 0 Å². The molecule has 2 aliphatic rings. The summed E-state index contributed by atoms with van der Waals surface area (Å²) < 4.78 is 0. The van der Waals surface area contributed by atoms with Crippen LogP contribution in [0.2, 0.25) is 0 Å². The summed E-state index contributed by atoms with van der Waals surface area (Å²) in [6.07, 6.45) is 3.69. The topological polar surface area (TPSA) is 60.4 Å². The van der Waals surface area contributed by atoms with Crippen LogP contribution in [0.1, 0.15) is 6.42 Å². The van der Waals surface area contributed by atoms with Crippen molar-refractivity contribution in [1.29, 1.82) is 0 Å². The number of rotatable bonds is 1. The van der Waals surface area contributed by atoms with Crippen molar-refractivity contribution < 1.29 is 44.3 Å². The predicted molar refractivity (Wildman–Crippen MR) is 33.2 cm³/mol. The molecule has 0 aliphatic carbocycles. The average Bonchev–Trinajstić information content (AvgIpc) is 2.25. The number of hydrogen-bond donors (Lipinski definition) is 0. The van der Waals surface area contributed by atoms with Crippen molar-refractivity contribution >= 4 is 11.9 Å². The smallest absolute Gasteiger partial charge is 0.548 e. The number of fused-ring (bicyclic) bond motifs is 1. The number of amides is 1. The third-order valence-corrected chi connectivity index (χ3v) is 2.09. The Morgan fingerprint density at radius 1 is 1.58 bits per heavy atom. The van der Waals surface area contributed by atoms with Crippen molar-refractivity contribution in [2.75, 3.05) is 0 Å². The Morgan fingerprint density at radius 3 is 2.67 bits per heavy atom. The minimum Gasteiger partial charge on any atom is -0.548 e. The zero-order chi connectivity index (χ0) is 8.01. The zero-order valence-electron chi connectivity index (χ0n) is 6.69. The summed E-state index contributed by atoms with van der Waals surface area (Å²) in [7, 11) is 0. The maximum atomic E-state index is 10.8. The molecule has 0 N–H and O–H groups in total. The first-order valence-electron chi connectivity index (χ1n) is 3.40. The molecule has 1 amide bonds. The fourth-order valence-electron chi connectivity index (χ4n) is 1.50. The molecule has 0 aromatic heterocycles. The number of carbonyl (C=O) groups excluding carboxylic acids is 2. The van der Waals surface area contributed by atoms with Crippen LogP contribution in [-0.4, -0.2) is 28.9 Å². The minimum absolute atomic E-state index is 0. The standard InChI is InChI=1S/C7H7NO3.Na/c9-6-3-4-1-2-5(7(10)11)8(4)6;/h1-2,4-5H,3H2,(H,10,11);/q;+1/p-1/t4-,5-;/m1./s1. The Hall–Kier alpha value is -0.320. The van der Waals surface area contributed by atoms with Gasteiger partial charge < -0.3 is 14.8 Å². The largest absolute Gasteiger partial charge is 1.00 e. The van der Waals surface area contributed by atoms with Crippen LogP contribution in [0.4, 0.5) is 0 Å². The average molecular weight is 175 g/mol. The molecule has 0 aromatic carbocycles. The third-order valence-electron chi connectivity index (χ3n) is 2.09. The van der Waals surface area contributed by atoms with Gasteiger partial charge in [0, 0.05) is 0 Å². The first kappa shape index (κ1) is 9.77. The van der Waals surface area contributed by atoms with E-state index in [1.807, 2.05) is 0 Å². The van der Waals surface area contributed by atoms with Crippen LogP contribution in [0, 0.1) is 0 Å². The molecule has 58 valence electrons. The molecular weight excluding hydrogens is 169 g/mol. The quantitative estimate of drug-likeness (QED) is 0.228. The Labute approximate surface area is 91.5 Å².